The topological polar surface area (TPSA) is 27.8 Å². The fourth-order valence-corrected chi connectivity index (χ4v) is 2.36. The quantitative estimate of drug-likeness (QED) is 0.439. The van der Waals surface area contributed by atoms with E-state index in [4.69, 9.17) is 4.74 Å². The Morgan fingerprint density at radius 1 is 1.30 bits per heavy atom. The van der Waals surface area contributed by atoms with E-state index < -0.39 is 0 Å². The molecule has 0 aromatic rings. The molecular weight excluding hydrogens is 128 g/mol. The third-order valence-electron chi connectivity index (χ3n) is 3.07. The van der Waals surface area contributed by atoms with E-state index in [2.05, 4.69) is 17.3 Å². The molecule has 2 bridgehead atoms. The van der Waals surface area contributed by atoms with Gasteiger partial charge in [0.25, 0.3) is 0 Å². The maximum Gasteiger partial charge on any atom is 0.103 e. The molecule has 3 nitrogen and oxygen atoms in total. The molecule has 4 atom stereocenters. The van der Waals surface area contributed by atoms with Crippen molar-refractivity contribution >= 4 is 0 Å². The molecule has 0 spiro atoms. The van der Waals surface area contributed by atoms with E-state index in [0.717, 1.165) is 13.1 Å². The first-order chi connectivity index (χ1) is 4.88. The smallest absolute Gasteiger partial charge is 0.103 e. The summed E-state index contributed by atoms with van der Waals surface area (Å²) in [6.45, 7) is 2.24. The molecular formula is C7H12N2O. The van der Waals surface area contributed by atoms with Crippen molar-refractivity contribution in [3.63, 3.8) is 0 Å². The number of morpholine rings is 1. The van der Waals surface area contributed by atoms with Crippen molar-refractivity contribution in [3.8, 4) is 0 Å². The molecule has 0 amide bonds. The van der Waals surface area contributed by atoms with Gasteiger partial charge in [-0.2, -0.15) is 0 Å². The summed E-state index contributed by atoms with van der Waals surface area (Å²) < 4.78 is 5.51. The second-order valence-electron chi connectivity index (χ2n) is 3.52. The van der Waals surface area contributed by atoms with E-state index in [0.29, 0.717) is 24.3 Å². The first-order valence-electron chi connectivity index (χ1n) is 3.96. The number of piperazine rings is 1. The molecule has 0 aromatic heterocycles. The minimum Gasteiger partial charge on any atom is -0.366 e. The largest absolute Gasteiger partial charge is 0.366 e. The number of nitrogens with one attached hydrogen (secondary N) is 1. The van der Waals surface area contributed by atoms with E-state index >= 15 is 0 Å². The van der Waals surface area contributed by atoms with Crippen molar-refractivity contribution in [2.75, 3.05) is 20.1 Å². The molecule has 3 rings (SSSR count). The monoisotopic (exact) mass is 140 g/mol. The zero-order chi connectivity index (χ0) is 6.72. The lowest BCUT2D eigenvalue weighted by Crippen LogP contribution is -2.53. The lowest BCUT2D eigenvalue weighted by Gasteiger charge is -2.33. The molecule has 3 heterocycles. The highest BCUT2D eigenvalue weighted by Gasteiger charge is 2.60. The standard InChI is InChI=1S/C7H12N2O/c1-9-4-2-8-3-5(9)7-6(4)10-7/h4-8H,2-3H2,1H3. The molecule has 3 saturated heterocycles. The molecule has 4 unspecified atom stereocenters. The van der Waals surface area contributed by atoms with Crippen LogP contribution in [0.1, 0.15) is 0 Å². The zero-order valence-electron chi connectivity index (χ0n) is 6.08. The van der Waals surface area contributed by atoms with Crippen molar-refractivity contribution in [3.05, 3.63) is 0 Å². The van der Waals surface area contributed by atoms with Crippen LogP contribution in [0.4, 0.5) is 0 Å². The van der Waals surface area contributed by atoms with Crippen LogP contribution in [0, 0.1) is 0 Å². The molecule has 1 N–H and O–H groups in total. The van der Waals surface area contributed by atoms with Crippen LogP contribution in [0.25, 0.3) is 0 Å². The predicted molar refractivity (Wildman–Crippen MR) is 36.9 cm³/mol. The van der Waals surface area contributed by atoms with Gasteiger partial charge in [-0.25, -0.2) is 0 Å². The van der Waals surface area contributed by atoms with Gasteiger partial charge in [0, 0.05) is 13.1 Å². The van der Waals surface area contributed by atoms with Gasteiger partial charge >= 0.3 is 0 Å². The van der Waals surface area contributed by atoms with Gasteiger partial charge < -0.3 is 10.1 Å². The van der Waals surface area contributed by atoms with Gasteiger partial charge in [-0.15, -0.1) is 0 Å². The van der Waals surface area contributed by atoms with Crippen molar-refractivity contribution < 1.29 is 4.74 Å². The van der Waals surface area contributed by atoms with Crippen LogP contribution in [0.3, 0.4) is 0 Å². The molecule has 3 aliphatic heterocycles. The van der Waals surface area contributed by atoms with E-state index in [1.807, 2.05) is 0 Å². The van der Waals surface area contributed by atoms with Crippen LogP contribution in [0.15, 0.2) is 0 Å². The number of rotatable bonds is 0. The molecule has 3 aliphatic rings. The van der Waals surface area contributed by atoms with Gasteiger partial charge in [-0.05, 0) is 7.05 Å². The highest BCUT2D eigenvalue weighted by molar-refractivity contribution is 5.13. The van der Waals surface area contributed by atoms with Crippen molar-refractivity contribution in [2.45, 2.75) is 24.3 Å². The molecule has 0 aliphatic carbocycles. The van der Waals surface area contributed by atoms with Crippen molar-refractivity contribution in [2.24, 2.45) is 0 Å². The van der Waals surface area contributed by atoms with Crippen LogP contribution in [0.2, 0.25) is 0 Å². The molecule has 0 radical (unpaired) electrons. The lowest BCUT2D eigenvalue weighted by molar-refractivity contribution is 0.0870. The average molecular weight is 140 g/mol. The lowest BCUT2D eigenvalue weighted by atomic mass is 10.2. The summed E-state index contributed by atoms with van der Waals surface area (Å²) in [7, 11) is 2.21. The van der Waals surface area contributed by atoms with Gasteiger partial charge in [0.05, 0.1) is 12.1 Å². The Morgan fingerprint density at radius 3 is 2.40 bits per heavy atom. The van der Waals surface area contributed by atoms with Crippen molar-refractivity contribution in [1.82, 2.24) is 10.2 Å². The van der Waals surface area contributed by atoms with Crippen LogP contribution in [0.5, 0.6) is 0 Å². The van der Waals surface area contributed by atoms with Crippen LogP contribution in [-0.4, -0.2) is 49.3 Å². The predicted octanol–water partition coefficient (Wildman–Crippen LogP) is -0.960. The van der Waals surface area contributed by atoms with E-state index in [1.165, 1.54) is 0 Å². The van der Waals surface area contributed by atoms with E-state index in [9.17, 15) is 0 Å². The van der Waals surface area contributed by atoms with Gasteiger partial charge in [-0.3, -0.25) is 4.90 Å². The number of hydrogen-bond acceptors (Lipinski definition) is 3. The normalized spacial score (nSPS) is 58.5. The Labute approximate surface area is 60.3 Å². The van der Waals surface area contributed by atoms with Gasteiger partial charge in [0.1, 0.15) is 12.2 Å². The number of fused-ring (bicyclic) bond motifs is 5. The highest BCUT2D eigenvalue weighted by Crippen LogP contribution is 2.41. The summed E-state index contributed by atoms with van der Waals surface area (Å²) >= 11 is 0. The summed E-state index contributed by atoms with van der Waals surface area (Å²) in [5.41, 5.74) is 0. The third kappa shape index (κ3) is 0.480. The van der Waals surface area contributed by atoms with Crippen LogP contribution >= 0.6 is 0 Å². The number of hydrogen-bond donors (Lipinski definition) is 1. The summed E-state index contributed by atoms with van der Waals surface area (Å²) in [6.07, 6.45) is 1.15. The minimum atomic E-state index is 0.574. The summed E-state index contributed by atoms with van der Waals surface area (Å²) in [5, 5.41) is 3.42. The summed E-state index contributed by atoms with van der Waals surface area (Å²) in [6, 6.07) is 1.34. The number of likely N-dealkylation sites (N-methyl/N-ethyl adjacent to an activating group) is 1. The highest BCUT2D eigenvalue weighted by atomic mass is 16.6. The third-order valence-corrected chi connectivity index (χ3v) is 3.07. The first kappa shape index (κ1) is 5.52. The number of epoxide rings is 1. The van der Waals surface area contributed by atoms with Crippen LogP contribution in [-0.2, 0) is 4.74 Å². The van der Waals surface area contributed by atoms with Gasteiger partial charge in [0.2, 0.25) is 0 Å². The second-order valence-corrected chi connectivity index (χ2v) is 3.52. The van der Waals surface area contributed by atoms with Gasteiger partial charge in [-0.1, -0.05) is 0 Å². The maximum atomic E-state index is 5.51. The first-order valence-corrected chi connectivity index (χ1v) is 3.96. The maximum absolute atomic E-state index is 5.51. The molecule has 10 heavy (non-hydrogen) atoms. The molecule has 0 saturated carbocycles. The van der Waals surface area contributed by atoms with E-state index in [-0.39, 0.29) is 0 Å². The Hall–Kier alpha value is -0.120. The Bertz CT molecular complexity index is 157. The summed E-state index contributed by atoms with van der Waals surface area (Å²) in [4.78, 5) is 2.47. The molecule has 3 heteroatoms. The zero-order valence-corrected chi connectivity index (χ0v) is 6.08. The minimum absolute atomic E-state index is 0.574. The van der Waals surface area contributed by atoms with Crippen molar-refractivity contribution in [1.29, 1.82) is 0 Å². The molecule has 56 valence electrons. The second kappa shape index (κ2) is 1.55. The van der Waals surface area contributed by atoms with Gasteiger partial charge in [0.15, 0.2) is 0 Å². The average Bonchev–Trinajstić information content (AvgIpc) is 2.59. The Kier molecular flexibility index (Phi) is 0.854. The SMILES string of the molecule is CN1C2CNCC1C1OC12. The number of ether oxygens (including phenoxy) is 1. The Morgan fingerprint density at radius 2 is 1.90 bits per heavy atom. The number of nitrogens with zero attached hydrogens (tertiary/aromatic N) is 1. The van der Waals surface area contributed by atoms with E-state index in [1.54, 1.807) is 0 Å². The molecule has 0 aromatic carbocycles. The molecule has 3 fully saturated rings. The Balaban J connectivity index is 1.94. The fraction of sp³-hybridized carbons (Fsp3) is 1.00. The van der Waals surface area contributed by atoms with Crippen LogP contribution < -0.4 is 5.32 Å². The summed E-state index contributed by atoms with van der Waals surface area (Å²) in [5.74, 6) is 0. The fourth-order valence-electron chi connectivity index (χ4n) is 2.36.